The number of nitrogens with zero attached hydrogens (tertiary/aromatic N) is 4. The van der Waals surface area contributed by atoms with Crippen LogP contribution in [0.1, 0.15) is 26.1 Å². The number of nitrogens with two attached hydrogens (primary N) is 1. The van der Waals surface area contributed by atoms with Gasteiger partial charge in [0.1, 0.15) is 0 Å². The van der Waals surface area contributed by atoms with E-state index >= 15 is 0 Å². The molecule has 7 heteroatoms. The van der Waals surface area contributed by atoms with Crippen LogP contribution < -0.4 is 11.1 Å². The molecule has 7 nitrogen and oxygen atoms in total. The third-order valence-corrected chi connectivity index (χ3v) is 1.89. The van der Waals surface area contributed by atoms with E-state index in [4.69, 9.17) is 5.73 Å². The number of hydrogen-bond donors (Lipinski definition) is 2. The number of aromatic nitrogens is 4. The van der Waals surface area contributed by atoms with Crippen LogP contribution in [0.15, 0.2) is 0 Å². The average Bonchev–Trinajstić information content (AvgIpc) is 2.46. The number of hydrogen-bond acceptors (Lipinski definition) is 5. The van der Waals surface area contributed by atoms with Crippen molar-refractivity contribution in [2.75, 3.05) is 0 Å². The van der Waals surface area contributed by atoms with Crippen LogP contribution in [0.2, 0.25) is 0 Å². The van der Waals surface area contributed by atoms with E-state index in [2.05, 4.69) is 20.7 Å². The molecule has 0 saturated carbocycles. The van der Waals surface area contributed by atoms with E-state index in [1.165, 1.54) is 4.80 Å². The first-order valence-electron chi connectivity index (χ1n) is 4.65. The first-order chi connectivity index (χ1) is 6.89. The summed E-state index contributed by atoms with van der Waals surface area (Å²) in [5.74, 6) is 0.259. The molecule has 1 rings (SSSR count). The SMILES string of the molecule is Cn1nnc(CNC(C)(C)CC(N)=O)n1. The van der Waals surface area contributed by atoms with Crippen LogP contribution in [0.3, 0.4) is 0 Å². The van der Waals surface area contributed by atoms with Gasteiger partial charge < -0.3 is 11.1 Å². The second-order valence-electron chi connectivity index (χ2n) is 4.08. The highest BCUT2D eigenvalue weighted by molar-refractivity contribution is 5.74. The Morgan fingerprint density at radius 2 is 2.27 bits per heavy atom. The predicted octanol–water partition coefficient (Wildman–Crippen LogP) is -1.05. The molecule has 0 saturated heterocycles. The number of carbonyl (C=O) groups is 1. The fourth-order valence-corrected chi connectivity index (χ4v) is 1.21. The minimum absolute atomic E-state index is 0.271. The van der Waals surface area contributed by atoms with Crippen molar-refractivity contribution in [1.29, 1.82) is 0 Å². The van der Waals surface area contributed by atoms with Crippen LogP contribution in [-0.4, -0.2) is 31.7 Å². The zero-order valence-corrected chi connectivity index (χ0v) is 9.19. The summed E-state index contributed by atoms with van der Waals surface area (Å²) >= 11 is 0. The lowest BCUT2D eigenvalue weighted by Crippen LogP contribution is -2.42. The van der Waals surface area contributed by atoms with E-state index in [0.29, 0.717) is 12.4 Å². The molecule has 0 aliphatic heterocycles. The van der Waals surface area contributed by atoms with Gasteiger partial charge in [-0.15, -0.1) is 10.2 Å². The number of carbonyl (C=O) groups excluding carboxylic acids is 1. The highest BCUT2D eigenvalue weighted by atomic mass is 16.1. The Morgan fingerprint density at radius 1 is 1.60 bits per heavy atom. The highest BCUT2D eigenvalue weighted by Gasteiger charge is 2.20. The smallest absolute Gasteiger partial charge is 0.219 e. The molecule has 3 N–H and O–H groups in total. The van der Waals surface area contributed by atoms with E-state index in [0.717, 1.165) is 0 Å². The number of primary amides is 1. The monoisotopic (exact) mass is 212 g/mol. The molecule has 0 atom stereocenters. The second kappa shape index (κ2) is 4.35. The van der Waals surface area contributed by atoms with E-state index < -0.39 is 0 Å². The summed E-state index contributed by atoms with van der Waals surface area (Å²) in [5.41, 5.74) is 4.77. The predicted molar refractivity (Wildman–Crippen MR) is 53.5 cm³/mol. The Kier molecular flexibility index (Phi) is 3.35. The van der Waals surface area contributed by atoms with Gasteiger partial charge >= 0.3 is 0 Å². The molecule has 84 valence electrons. The maximum absolute atomic E-state index is 10.8. The van der Waals surface area contributed by atoms with Crippen LogP contribution in [-0.2, 0) is 18.4 Å². The maximum Gasteiger partial charge on any atom is 0.219 e. The minimum Gasteiger partial charge on any atom is -0.370 e. The van der Waals surface area contributed by atoms with Crippen molar-refractivity contribution in [2.24, 2.45) is 12.8 Å². The third kappa shape index (κ3) is 4.03. The van der Waals surface area contributed by atoms with Crippen molar-refractivity contribution >= 4 is 5.91 Å². The molecule has 1 aromatic rings. The van der Waals surface area contributed by atoms with Gasteiger partial charge in [0.05, 0.1) is 13.6 Å². The standard InChI is InChI=1S/C8H16N6O/c1-8(2,4-6(9)15)10-5-7-11-13-14(3)12-7/h10H,4-5H2,1-3H3,(H2,9,15). The van der Waals surface area contributed by atoms with Gasteiger partial charge in [-0.3, -0.25) is 4.79 Å². The topological polar surface area (TPSA) is 98.7 Å². The van der Waals surface area contributed by atoms with Crippen LogP contribution in [0, 0.1) is 0 Å². The van der Waals surface area contributed by atoms with Crippen molar-refractivity contribution in [3.8, 4) is 0 Å². The van der Waals surface area contributed by atoms with Gasteiger partial charge in [0.2, 0.25) is 5.91 Å². The molecular formula is C8H16N6O. The summed E-state index contributed by atoms with van der Waals surface area (Å²) < 4.78 is 0. The van der Waals surface area contributed by atoms with Gasteiger partial charge in [-0.05, 0) is 19.1 Å². The zero-order valence-electron chi connectivity index (χ0n) is 9.19. The van der Waals surface area contributed by atoms with Gasteiger partial charge in [-0.2, -0.15) is 4.80 Å². The molecule has 0 aliphatic carbocycles. The van der Waals surface area contributed by atoms with E-state index in [9.17, 15) is 4.79 Å². The summed E-state index contributed by atoms with van der Waals surface area (Å²) in [6.45, 7) is 4.26. The van der Waals surface area contributed by atoms with E-state index in [1.54, 1.807) is 7.05 Å². The van der Waals surface area contributed by atoms with Crippen molar-refractivity contribution in [3.05, 3.63) is 5.82 Å². The Bertz CT molecular complexity index is 345. The summed E-state index contributed by atoms with van der Waals surface area (Å²) in [7, 11) is 1.70. The lowest BCUT2D eigenvalue weighted by atomic mass is 10.0. The molecular weight excluding hydrogens is 196 g/mol. The lowest BCUT2D eigenvalue weighted by molar-refractivity contribution is -0.119. The first kappa shape index (κ1) is 11.6. The van der Waals surface area contributed by atoms with Crippen molar-refractivity contribution in [2.45, 2.75) is 32.4 Å². The fourth-order valence-electron chi connectivity index (χ4n) is 1.21. The van der Waals surface area contributed by atoms with Crippen molar-refractivity contribution in [3.63, 3.8) is 0 Å². The molecule has 0 unspecified atom stereocenters. The van der Waals surface area contributed by atoms with Crippen LogP contribution in [0.4, 0.5) is 0 Å². The second-order valence-corrected chi connectivity index (χ2v) is 4.08. The van der Waals surface area contributed by atoms with Gasteiger partial charge in [-0.25, -0.2) is 0 Å². The van der Waals surface area contributed by atoms with Gasteiger partial charge in [-0.1, -0.05) is 0 Å². The van der Waals surface area contributed by atoms with E-state index in [-0.39, 0.29) is 17.9 Å². The molecule has 0 aliphatic rings. The summed E-state index contributed by atoms with van der Waals surface area (Å²) in [5, 5.41) is 14.7. The van der Waals surface area contributed by atoms with Crippen LogP contribution >= 0.6 is 0 Å². The zero-order chi connectivity index (χ0) is 11.5. The molecule has 0 bridgehead atoms. The van der Waals surface area contributed by atoms with Gasteiger partial charge in [0, 0.05) is 12.0 Å². The molecule has 1 amide bonds. The number of amides is 1. The van der Waals surface area contributed by atoms with Crippen LogP contribution in [0.5, 0.6) is 0 Å². The number of tetrazole rings is 1. The lowest BCUT2D eigenvalue weighted by Gasteiger charge is -2.23. The number of rotatable bonds is 5. The number of nitrogens with one attached hydrogen (secondary N) is 1. The minimum atomic E-state index is -0.356. The maximum atomic E-state index is 10.8. The largest absolute Gasteiger partial charge is 0.370 e. The first-order valence-corrected chi connectivity index (χ1v) is 4.65. The van der Waals surface area contributed by atoms with Gasteiger partial charge in [0.15, 0.2) is 5.82 Å². The molecule has 1 heterocycles. The molecule has 1 aromatic heterocycles. The average molecular weight is 212 g/mol. The highest BCUT2D eigenvalue weighted by Crippen LogP contribution is 2.07. The van der Waals surface area contributed by atoms with Crippen molar-refractivity contribution in [1.82, 2.24) is 25.5 Å². The third-order valence-electron chi connectivity index (χ3n) is 1.89. The summed E-state index contributed by atoms with van der Waals surface area (Å²) in [6.07, 6.45) is 0.271. The molecule has 0 aromatic carbocycles. The Labute approximate surface area is 88.0 Å². The Morgan fingerprint density at radius 3 is 2.73 bits per heavy atom. The Hall–Kier alpha value is -1.50. The molecule has 0 spiro atoms. The quantitative estimate of drug-likeness (QED) is 0.649. The number of aryl methyl sites for hydroxylation is 1. The molecule has 15 heavy (non-hydrogen) atoms. The van der Waals surface area contributed by atoms with Crippen molar-refractivity contribution < 1.29 is 4.79 Å². The van der Waals surface area contributed by atoms with Crippen LogP contribution in [0.25, 0.3) is 0 Å². The normalized spacial score (nSPS) is 11.7. The molecule has 0 radical (unpaired) electrons. The van der Waals surface area contributed by atoms with E-state index in [1.807, 2.05) is 13.8 Å². The van der Waals surface area contributed by atoms with Gasteiger partial charge in [0.25, 0.3) is 0 Å². The summed E-state index contributed by atoms with van der Waals surface area (Å²) in [6, 6.07) is 0. The summed E-state index contributed by atoms with van der Waals surface area (Å²) in [4.78, 5) is 12.2. The molecule has 0 fully saturated rings. The fraction of sp³-hybridized carbons (Fsp3) is 0.750. The Balaban J connectivity index is 2.45.